The van der Waals surface area contributed by atoms with Crippen molar-refractivity contribution in [1.82, 2.24) is 4.98 Å². The highest BCUT2D eigenvalue weighted by atomic mass is 32.1. The molecule has 2 aromatic rings. The molecular formula is C12H12N2O2S. The largest absolute Gasteiger partial charge is 0.478 e. The van der Waals surface area contributed by atoms with Crippen molar-refractivity contribution in [3.8, 4) is 0 Å². The van der Waals surface area contributed by atoms with Crippen molar-refractivity contribution in [3.05, 3.63) is 45.9 Å². The molecule has 2 rings (SSSR count). The van der Waals surface area contributed by atoms with Gasteiger partial charge in [0, 0.05) is 17.3 Å². The lowest BCUT2D eigenvalue weighted by Gasteiger charge is -2.08. The second kappa shape index (κ2) is 4.97. The van der Waals surface area contributed by atoms with Gasteiger partial charge < -0.3 is 10.4 Å². The third-order valence-corrected chi connectivity index (χ3v) is 3.18. The van der Waals surface area contributed by atoms with Crippen LogP contribution >= 0.6 is 11.3 Å². The number of aromatic carboxylic acids is 1. The number of rotatable bonds is 4. The number of nitrogens with zero attached hydrogens (tertiary/aromatic N) is 1. The van der Waals surface area contributed by atoms with Crippen LogP contribution in [0.4, 0.5) is 5.69 Å². The van der Waals surface area contributed by atoms with Crippen LogP contribution in [0.2, 0.25) is 0 Å². The Balaban J connectivity index is 2.14. The third kappa shape index (κ3) is 2.82. The SMILES string of the molecule is Cc1ccc(C(=O)O)cc1NCc1nccs1. The average Bonchev–Trinajstić information content (AvgIpc) is 2.80. The second-order valence-corrected chi connectivity index (χ2v) is 4.59. The van der Waals surface area contributed by atoms with E-state index in [1.54, 1.807) is 35.7 Å². The molecule has 0 aliphatic rings. The number of aromatic nitrogens is 1. The van der Waals surface area contributed by atoms with Gasteiger partial charge in [0.1, 0.15) is 5.01 Å². The minimum atomic E-state index is -0.915. The van der Waals surface area contributed by atoms with Crippen LogP contribution in [-0.4, -0.2) is 16.1 Å². The maximum Gasteiger partial charge on any atom is 0.335 e. The fourth-order valence-corrected chi connectivity index (χ4v) is 2.01. The minimum Gasteiger partial charge on any atom is -0.478 e. The zero-order chi connectivity index (χ0) is 12.3. The van der Waals surface area contributed by atoms with Crippen molar-refractivity contribution in [1.29, 1.82) is 0 Å². The van der Waals surface area contributed by atoms with E-state index in [0.717, 1.165) is 16.3 Å². The molecule has 0 radical (unpaired) electrons. The first-order valence-corrected chi connectivity index (χ1v) is 6.01. The number of anilines is 1. The Morgan fingerprint density at radius 2 is 2.35 bits per heavy atom. The van der Waals surface area contributed by atoms with Crippen molar-refractivity contribution < 1.29 is 9.90 Å². The quantitative estimate of drug-likeness (QED) is 0.873. The summed E-state index contributed by atoms with van der Waals surface area (Å²) >= 11 is 1.57. The summed E-state index contributed by atoms with van der Waals surface area (Å²) in [5, 5.41) is 15.0. The normalized spacial score (nSPS) is 10.2. The van der Waals surface area contributed by atoms with Gasteiger partial charge >= 0.3 is 5.97 Å². The van der Waals surface area contributed by atoms with Crippen LogP contribution < -0.4 is 5.32 Å². The lowest BCUT2D eigenvalue weighted by Crippen LogP contribution is -2.03. The molecule has 4 nitrogen and oxygen atoms in total. The lowest BCUT2D eigenvalue weighted by atomic mass is 10.1. The molecule has 0 saturated carbocycles. The molecule has 0 amide bonds. The van der Waals surface area contributed by atoms with E-state index in [1.807, 2.05) is 12.3 Å². The maximum atomic E-state index is 10.9. The van der Waals surface area contributed by atoms with Gasteiger partial charge in [-0.3, -0.25) is 0 Å². The van der Waals surface area contributed by atoms with E-state index in [0.29, 0.717) is 6.54 Å². The van der Waals surface area contributed by atoms with Crippen LogP contribution in [0.15, 0.2) is 29.8 Å². The highest BCUT2D eigenvalue weighted by molar-refractivity contribution is 7.09. The second-order valence-electron chi connectivity index (χ2n) is 3.61. The molecule has 0 unspecified atom stereocenters. The van der Waals surface area contributed by atoms with Gasteiger partial charge in [0.05, 0.1) is 12.1 Å². The molecule has 1 heterocycles. The van der Waals surface area contributed by atoms with E-state index < -0.39 is 5.97 Å². The molecule has 88 valence electrons. The number of carbonyl (C=O) groups is 1. The molecule has 5 heteroatoms. The molecule has 1 aromatic carbocycles. The molecule has 0 spiro atoms. The molecule has 0 fully saturated rings. The van der Waals surface area contributed by atoms with Gasteiger partial charge in [-0.2, -0.15) is 0 Å². The predicted molar refractivity (Wildman–Crippen MR) is 67.6 cm³/mol. The Bertz CT molecular complexity index is 523. The van der Waals surface area contributed by atoms with Crippen molar-refractivity contribution in [2.75, 3.05) is 5.32 Å². The monoisotopic (exact) mass is 248 g/mol. The molecular weight excluding hydrogens is 236 g/mol. The van der Waals surface area contributed by atoms with Crippen molar-refractivity contribution in [3.63, 3.8) is 0 Å². The number of benzene rings is 1. The van der Waals surface area contributed by atoms with Crippen LogP contribution in [0.1, 0.15) is 20.9 Å². The van der Waals surface area contributed by atoms with Crippen molar-refractivity contribution in [2.24, 2.45) is 0 Å². The van der Waals surface area contributed by atoms with Gasteiger partial charge in [-0.25, -0.2) is 9.78 Å². The molecule has 0 atom stereocenters. The van der Waals surface area contributed by atoms with Crippen LogP contribution in [-0.2, 0) is 6.54 Å². The van der Waals surface area contributed by atoms with E-state index >= 15 is 0 Å². The van der Waals surface area contributed by atoms with Crippen molar-refractivity contribution in [2.45, 2.75) is 13.5 Å². The van der Waals surface area contributed by atoms with Gasteiger partial charge in [0.2, 0.25) is 0 Å². The molecule has 17 heavy (non-hydrogen) atoms. The first-order chi connectivity index (χ1) is 8.16. The Morgan fingerprint density at radius 3 is 3.00 bits per heavy atom. The first-order valence-electron chi connectivity index (χ1n) is 5.13. The van der Waals surface area contributed by atoms with Gasteiger partial charge in [-0.1, -0.05) is 6.07 Å². The fraction of sp³-hybridized carbons (Fsp3) is 0.167. The van der Waals surface area contributed by atoms with E-state index in [1.165, 1.54) is 0 Å². The molecule has 0 saturated heterocycles. The number of nitrogens with one attached hydrogen (secondary N) is 1. The maximum absolute atomic E-state index is 10.9. The zero-order valence-corrected chi connectivity index (χ0v) is 10.1. The summed E-state index contributed by atoms with van der Waals surface area (Å²) in [6.07, 6.45) is 1.75. The first kappa shape index (κ1) is 11.6. The summed E-state index contributed by atoms with van der Waals surface area (Å²) in [6, 6.07) is 5.05. The Labute approximate surface area is 103 Å². The van der Waals surface area contributed by atoms with Crippen LogP contribution in [0.3, 0.4) is 0 Å². The van der Waals surface area contributed by atoms with E-state index in [-0.39, 0.29) is 5.56 Å². The zero-order valence-electron chi connectivity index (χ0n) is 9.30. The van der Waals surface area contributed by atoms with E-state index in [9.17, 15) is 4.79 Å². The molecule has 0 bridgehead atoms. The number of thiazole rings is 1. The predicted octanol–water partition coefficient (Wildman–Crippen LogP) is 2.76. The number of carboxylic acids is 1. The minimum absolute atomic E-state index is 0.289. The smallest absolute Gasteiger partial charge is 0.335 e. The van der Waals surface area contributed by atoms with Crippen LogP contribution in [0.25, 0.3) is 0 Å². The highest BCUT2D eigenvalue weighted by Crippen LogP contribution is 2.18. The van der Waals surface area contributed by atoms with Gasteiger partial charge in [-0.15, -0.1) is 11.3 Å². The molecule has 0 aliphatic heterocycles. The van der Waals surface area contributed by atoms with Gasteiger partial charge in [0.25, 0.3) is 0 Å². The number of hydrogen-bond donors (Lipinski definition) is 2. The summed E-state index contributed by atoms with van der Waals surface area (Å²) in [7, 11) is 0. The summed E-state index contributed by atoms with van der Waals surface area (Å²) in [6.45, 7) is 2.55. The lowest BCUT2D eigenvalue weighted by molar-refractivity contribution is 0.0697. The van der Waals surface area contributed by atoms with Gasteiger partial charge in [0.15, 0.2) is 0 Å². The summed E-state index contributed by atoms with van der Waals surface area (Å²) in [5.41, 5.74) is 2.14. The van der Waals surface area contributed by atoms with E-state index in [4.69, 9.17) is 5.11 Å². The van der Waals surface area contributed by atoms with Gasteiger partial charge in [-0.05, 0) is 24.6 Å². The highest BCUT2D eigenvalue weighted by Gasteiger charge is 2.06. The summed E-state index contributed by atoms with van der Waals surface area (Å²) in [5.74, 6) is -0.915. The molecule has 1 aromatic heterocycles. The Kier molecular flexibility index (Phi) is 3.39. The number of carboxylic acid groups (broad SMARTS) is 1. The summed E-state index contributed by atoms with van der Waals surface area (Å²) in [4.78, 5) is 15.0. The average molecular weight is 248 g/mol. The van der Waals surface area contributed by atoms with Crippen molar-refractivity contribution >= 4 is 23.0 Å². The van der Waals surface area contributed by atoms with Crippen LogP contribution in [0.5, 0.6) is 0 Å². The third-order valence-electron chi connectivity index (χ3n) is 2.40. The molecule has 0 aliphatic carbocycles. The molecule has 2 N–H and O–H groups in total. The number of aryl methyl sites for hydroxylation is 1. The Morgan fingerprint density at radius 1 is 1.53 bits per heavy atom. The topological polar surface area (TPSA) is 62.2 Å². The number of hydrogen-bond acceptors (Lipinski definition) is 4. The van der Waals surface area contributed by atoms with E-state index in [2.05, 4.69) is 10.3 Å². The standard InChI is InChI=1S/C12H12N2O2S/c1-8-2-3-9(12(15)16)6-10(8)14-7-11-13-4-5-17-11/h2-6,14H,7H2,1H3,(H,15,16). The Hall–Kier alpha value is -1.88. The summed E-state index contributed by atoms with van der Waals surface area (Å²) < 4.78 is 0. The fourth-order valence-electron chi connectivity index (χ4n) is 1.46. The van der Waals surface area contributed by atoms with Crippen LogP contribution in [0, 0.1) is 6.92 Å².